The zero-order valence-electron chi connectivity index (χ0n) is 11.6. The minimum absolute atomic E-state index is 0.0862. The van der Waals surface area contributed by atoms with Crippen molar-refractivity contribution in [3.05, 3.63) is 47.1 Å². The van der Waals surface area contributed by atoms with Crippen LogP contribution in [0.25, 0.3) is 0 Å². The first kappa shape index (κ1) is 17.1. The quantitative estimate of drug-likeness (QED) is 0.712. The number of hydrogen-bond acceptors (Lipinski definition) is 5. The number of hydrogen-bond donors (Lipinski definition) is 3. The molecule has 10 heteroatoms. The molecule has 0 atom stereocenters. The molecule has 0 aliphatic rings. The predicted octanol–water partition coefficient (Wildman–Crippen LogP) is 0.903. The summed E-state index contributed by atoms with van der Waals surface area (Å²) in [6, 6.07) is 6.26. The molecule has 23 heavy (non-hydrogen) atoms. The lowest BCUT2D eigenvalue weighted by Crippen LogP contribution is -2.32. The number of sulfonamides is 1. The smallest absolute Gasteiger partial charge is 0.251 e. The molecule has 0 unspecified atom stereocenters. The van der Waals surface area contributed by atoms with E-state index in [9.17, 15) is 22.4 Å². The maximum Gasteiger partial charge on any atom is 0.251 e. The van der Waals surface area contributed by atoms with Gasteiger partial charge in [-0.1, -0.05) is 6.07 Å². The normalized spacial score (nSPS) is 11.2. The van der Waals surface area contributed by atoms with E-state index in [1.54, 1.807) is 11.4 Å². The highest BCUT2D eigenvalue weighted by molar-refractivity contribution is 7.91. The fraction of sp³-hybridized carbons (Fsp3) is 0.0769. The Kier molecular flexibility index (Phi) is 5.08. The lowest BCUT2D eigenvalue weighted by atomic mass is 10.2. The Morgan fingerprint density at radius 1 is 1.26 bits per heavy atom. The van der Waals surface area contributed by atoms with E-state index in [2.05, 4.69) is 10.0 Å². The van der Waals surface area contributed by atoms with Gasteiger partial charge in [0.15, 0.2) is 0 Å². The van der Waals surface area contributed by atoms with Crippen LogP contribution in [0, 0.1) is 5.82 Å². The van der Waals surface area contributed by atoms with E-state index < -0.39 is 34.2 Å². The Balaban J connectivity index is 2.01. The number of anilines is 1. The summed E-state index contributed by atoms with van der Waals surface area (Å²) < 4.78 is 39.2. The molecule has 0 aliphatic heterocycles. The Bertz CT molecular complexity index is 835. The summed E-state index contributed by atoms with van der Waals surface area (Å²) in [6.07, 6.45) is 0. The maximum absolute atomic E-state index is 13.3. The van der Waals surface area contributed by atoms with E-state index >= 15 is 0 Å². The van der Waals surface area contributed by atoms with E-state index in [1.165, 1.54) is 12.1 Å². The third-order valence-corrected chi connectivity index (χ3v) is 5.50. The van der Waals surface area contributed by atoms with Gasteiger partial charge in [-0.3, -0.25) is 9.59 Å². The Labute approximate surface area is 135 Å². The number of nitrogens with one attached hydrogen (secondary N) is 2. The first-order valence-corrected chi connectivity index (χ1v) is 8.58. The first-order valence-electron chi connectivity index (χ1n) is 6.22. The van der Waals surface area contributed by atoms with Crippen LogP contribution >= 0.6 is 11.3 Å². The summed E-state index contributed by atoms with van der Waals surface area (Å²) in [5.41, 5.74) is 4.75. The van der Waals surface area contributed by atoms with Crippen LogP contribution in [0.5, 0.6) is 0 Å². The van der Waals surface area contributed by atoms with E-state index in [0.29, 0.717) is 0 Å². The summed E-state index contributed by atoms with van der Waals surface area (Å²) in [6.45, 7) is -0.510. The van der Waals surface area contributed by atoms with Crippen LogP contribution in [-0.4, -0.2) is 26.8 Å². The van der Waals surface area contributed by atoms with Crippen LogP contribution in [0.2, 0.25) is 0 Å². The SMILES string of the molecule is NC(=O)c1cc(NC(=O)CNS(=O)(=O)c2cccs2)ccc1F. The number of amides is 2. The van der Waals surface area contributed by atoms with E-state index in [0.717, 1.165) is 23.5 Å². The van der Waals surface area contributed by atoms with Crippen molar-refractivity contribution in [1.82, 2.24) is 4.72 Å². The maximum atomic E-state index is 13.3. The van der Waals surface area contributed by atoms with Crippen molar-refractivity contribution in [1.29, 1.82) is 0 Å². The monoisotopic (exact) mass is 357 g/mol. The molecule has 0 fully saturated rings. The van der Waals surface area contributed by atoms with Gasteiger partial charge in [-0.15, -0.1) is 11.3 Å². The van der Waals surface area contributed by atoms with E-state index in [-0.39, 0.29) is 15.5 Å². The minimum atomic E-state index is -3.76. The average molecular weight is 357 g/mol. The molecule has 2 amide bonds. The molecule has 122 valence electrons. The van der Waals surface area contributed by atoms with Crippen molar-refractivity contribution >= 4 is 38.9 Å². The number of primary amides is 1. The molecular weight excluding hydrogens is 345 g/mol. The molecule has 1 heterocycles. The molecule has 2 aromatic rings. The van der Waals surface area contributed by atoms with Gasteiger partial charge >= 0.3 is 0 Å². The van der Waals surface area contributed by atoms with E-state index in [4.69, 9.17) is 5.73 Å². The molecule has 0 saturated carbocycles. The van der Waals surface area contributed by atoms with Crippen LogP contribution in [0.15, 0.2) is 39.9 Å². The summed E-state index contributed by atoms with van der Waals surface area (Å²) in [4.78, 5) is 22.8. The lowest BCUT2D eigenvalue weighted by Gasteiger charge is -2.08. The van der Waals surface area contributed by atoms with Crippen molar-refractivity contribution in [2.45, 2.75) is 4.21 Å². The first-order chi connectivity index (χ1) is 10.8. The largest absolute Gasteiger partial charge is 0.366 e. The number of carbonyl (C=O) groups excluding carboxylic acids is 2. The van der Waals surface area contributed by atoms with Crippen molar-refractivity contribution in [2.24, 2.45) is 5.73 Å². The fourth-order valence-corrected chi connectivity index (χ4v) is 3.66. The number of carbonyl (C=O) groups is 2. The van der Waals surface area contributed by atoms with Crippen LogP contribution in [0.1, 0.15) is 10.4 Å². The molecule has 1 aromatic carbocycles. The van der Waals surface area contributed by atoms with Gasteiger partial charge in [0.05, 0.1) is 12.1 Å². The highest BCUT2D eigenvalue weighted by Crippen LogP contribution is 2.16. The van der Waals surface area contributed by atoms with Crippen LogP contribution in [0.4, 0.5) is 10.1 Å². The average Bonchev–Trinajstić information content (AvgIpc) is 3.02. The Morgan fingerprint density at radius 2 is 2.00 bits per heavy atom. The lowest BCUT2D eigenvalue weighted by molar-refractivity contribution is -0.115. The highest BCUT2D eigenvalue weighted by Gasteiger charge is 2.17. The molecule has 4 N–H and O–H groups in total. The summed E-state index contributed by atoms with van der Waals surface area (Å²) in [5, 5.41) is 3.94. The minimum Gasteiger partial charge on any atom is -0.366 e. The van der Waals surface area contributed by atoms with Crippen LogP contribution in [0.3, 0.4) is 0 Å². The standard InChI is InChI=1S/C13H12FN3O4S2/c14-10-4-3-8(6-9(10)13(15)19)17-11(18)7-16-23(20,21)12-2-1-5-22-12/h1-6,16H,7H2,(H2,15,19)(H,17,18). The molecular formula is C13H12FN3O4S2. The number of benzene rings is 1. The van der Waals surface area contributed by atoms with E-state index in [1.807, 2.05) is 0 Å². The van der Waals surface area contributed by atoms with Crippen LogP contribution in [-0.2, 0) is 14.8 Å². The second-order valence-corrected chi connectivity index (χ2v) is 7.31. The summed E-state index contributed by atoms with van der Waals surface area (Å²) >= 11 is 1.02. The van der Waals surface area contributed by atoms with Crippen molar-refractivity contribution in [2.75, 3.05) is 11.9 Å². The molecule has 7 nitrogen and oxygen atoms in total. The topological polar surface area (TPSA) is 118 Å². The Hall–Kier alpha value is -2.30. The fourth-order valence-electron chi connectivity index (χ4n) is 1.65. The Morgan fingerprint density at radius 3 is 2.61 bits per heavy atom. The number of thiophene rings is 1. The molecule has 0 bridgehead atoms. The van der Waals surface area contributed by atoms with Gasteiger partial charge in [0.1, 0.15) is 10.0 Å². The summed E-state index contributed by atoms with van der Waals surface area (Å²) in [5.74, 6) is -2.46. The molecule has 2 rings (SSSR count). The second kappa shape index (κ2) is 6.86. The van der Waals surface area contributed by atoms with Gasteiger partial charge in [0.25, 0.3) is 15.9 Å². The molecule has 0 aliphatic carbocycles. The molecule has 0 spiro atoms. The predicted molar refractivity (Wildman–Crippen MR) is 83.1 cm³/mol. The zero-order chi connectivity index (χ0) is 17.0. The third kappa shape index (κ3) is 4.34. The summed E-state index contributed by atoms with van der Waals surface area (Å²) in [7, 11) is -3.76. The van der Waals surface area contributed by atoms with Crippen LogP contribution < -0.4 is 15.8 Å². The molecule has 1 aromatic heterocycles. The van der Waals surface area contributed by atoms with Crippen molar-refractivity contribution in [3.63, 3.8) is 0 Å². The highest BCUT2D eigenvalue weighted by atomic mass is 32.2. The number of halogens is 1. The van der Waals surface area contributed by atoms with Gasteiger partial charge in [0, 0.05) is 5.69 Å². The van der Waals surface area contributed by atoms with Crippen molar-refractivity contribution in [3.8, 4) is 0 Å². The zero-order valence-corrected chi connectivity index (χ0v) is 13.2. The second-order valence-electron chi connectivity index (χ2n) is 4.36. The van der Waals surface area contributed by atoms with Gasteiger partial charge in [-0.2, -0.15) is 0 Å². The van der Waals surface area contributed by atoms with Gasteiger partial charge in [-0.05, 0) is 29.6 Å². The number of rotatable bonds is 6. The van der Waals surface area contributed by atoms with Gasteiger partial charge in [-0.25, -0.2) is 17.5 Å². The molecule has 0 saturated heterocycles. The van der Waals surface area contributed by atoms with Crippen molar-refractivity contribution < 1.29 is 22.4 Å². The molecule has 0 radical (unpaired) electrons. The van der Waals surface area contributed by atoms with Gasteiger partial charge in [0.2, 0.25) is 5.91 Å². The third-order valence-electron chi connectivity index (χ3n) is 2.70. The number of nitrogens with two attached hydrogens (primary N) is 1. The van der Waals surface area contributed by atoms with Gasteiger partial charge < -0.3 is 11.1 Å².